The van der Waals surface area contributed by atoms with Crippen molar-refractivity contribution in [1.29, 1.82) is 0 Å². The zero-order valence-corrected chi connectivity index (χ0v) is 11.4. The van der Waals surface area contributed by atoms with E-state index in [1.165, 1.54) is 0 Å². The molecule has 4 nitrogen and oxygen atoms in total. The van der Waals surface area contributed by atoms with E-state index >= 15 is 0 Å². The average molecular weight is 270 g/mol. The van der Waals surface area contributed by atoms with Gasteiger partial charge in [-0.15, -0.1) is 11.3 Å². The number of imidazole rings is 1. The monoisotopic (exact) mass is 270 g/mol. The minimum Gasteiger partial charge on any atom is -0.378 e. The summed E-state index contributed by atoms with van der Waals surface area (Å²) in [4.78, 5) is 11.7. The van der Waals surface area contributed by atoms with Crippen molar-refractivity contribution in [3.05, 3.63) is 53.6 Å². The van der Waals surface area contributed by atoms with E-state index < -0.39 is 0 Å². The highest BCUT2D eigenvalue weighted by Crippen LogP contribution is 2.24. The molecule has 19 heavy (non-hydrogen) atoms. The maximum Gasteiger partial charge on any atom is 0.125 e. The zero-order chi connectivity index (χ0) is 13.1. The van der Waals surface area contributed by atoms with Gasteiger partial charge in [-0.05, 0) is 31.2 Å². The molecule has 3 aromatic rings. The Hall–Kier alpha value is -2.14. The fourth-order valence-corrected chi connectivity index (χ4v) is 2.60. The number of aromatic nitrogens is 3. The van der Waals surface area contributed by atoms with Crippen molar-refractivity contribution in [2.45, 2.75) is 13.5 Å². The summed E-state index contributed by atoms with van der Waals surface area (Å²) in [5, 5.41) is 6.45. The molecule has 0 spiro atoms. The Balaban J connectivity index is 1.69. The van der Waals surface area contributed by atoms with Crippen molar-refractivity contribution < 1.29 is 0 Å². The Kier molecular flexibility index (Phi) is 3.29. The third-order valence-electron chi connectivity index (χ3n) is 2.77. The molecule has 0 saturated heterocycles. The third kappa shape index (κ3) is 2.82. The smallest absolute Gasteiger partial charge is 0.125 e. The fraction of sp³-hybridized carbons (Fsp3) is 0.143. The largest absolute Gasteiger partial charge is 0.378 e. The maximum absolute atomic E-state index is 4.48. The van der Waals surface area contributed by atoms with Crippen LogP contribution in [0, 0.1) is 6.92 Å². The highest BCUT2D eigenvalue weighted by Gasteiger charge is 2.02. The molecular formula is C14H14N4S. The molecule has 1 aromatic carbocycles. The number of aromatic amines is 1. The van der Waals surface area contributed by atoms with Crippen molar-refractivity contribution in [2.75, 3.05) is 5.32 Å². The lowest BCUT2D eigenvalue weighted by atomic mass is 10.2. The minimum atomic E-state index is 0.697. The summed E-state index contributed by atoms with van der Waals surface area (Å²) in [6, 6.07) is 8.30. The molecule has 0 unspecified atom stereocenters. The number of H-pyrrole nitrogens is 1. The van der Waals surface area contributed by atoms with E-state index in [0.29, 0.717) is 6.54 Å². The van der Waals surface area contributed by atoms with E-state index in [9.17, 15) is 0 Å². The molecule has 2 N–H and O–H groups in total. The van der Waals surface area contributed by atoms with Gasteiger partial charge in [-0.2, -0.15) is 0 Å². The lowest BCUT2D eigenvalue weighted by Crippen LogP contribution is -2.00. The predicted molar refractivity (Wildman–Crippen MR) is 78.2 cm³/mol. The van der Waals surface area contributed by atoms with Crippen molar-refractivity contribution in [1.82, 2.24) is 15.0 Å². The molecule has 0 aliphatic heterocycles. The first-order valence-corrected chi connectivity index (χ1v) is 6.94. The van der Waals surface area contributed by atoms with Gasteiger partial charge in [0.05, 0.1) is 6.54 Å². The summed E-state index contributed by atoms with van der Waals surface area (Å²) < 4.78 is 0. The number of nitrogens with zero attached hydrogens (tertiary/aromatic N) is 2. The number of nitrogens with one attached hydrogen (secondary N) is 2. The second kappa shape index (κ2) is 5.24. The maximum atomic E-state index is 4.48. The zero-order valence-electron chi connectivity index (χ0n) is 10.6. The van der Waals surface area contributed by atoms with Crippen LogP contribution >= 0.6 is 11.3 Å². The van der Waals surface area contributed by atoms with E-state index in [2.05, 4.69) is 49.9 Å². The minimum absolute atomic E-state index is 0.697. The Bertz CT molecular complexity index is 640. The molecule has 0 radical (unpaired) electrons. The van der Waals surface area contributed by atoms with Crippen LogP contribution < -0.4 is 5.32 Å². The van der Waals surface area contributed by atoms with Crippen molar-refractivity contribution in [3.63, 3.8) is 0 Å². The molecule has 0 amide bonds. The Labute approximate surface area is 115 Å². The van der Waals surface area contributed by atoms with Crippen LogP contribution in [0.2, 0.25) is 0 Å². The highest BCUT2D eigenvalue weighted by molar-refractivity contribution is 7.13. The lowest BCUT2D eigenvalue weighted by Gasteiger charge is -2.05. The molecule has 2 aromatic heterocycles. The molecule has 2 heterocycles. The fourth-order valence-electron chi connectivity index (χ4n) is 1.80. The van der Waals surface area contributed by atoms with Crippen LogP contribution in [0.4, 0.5) is 5.69 Å². The van der Waals surface area contributed by atoms with Crippen LogP contribution in [-0.4, -0.2) is 15.0 Å². The SMILES string of the molecule is Cc1csc(-c2ccc(NCc3ncc[nH]3)cc2)n1. The van der Waals surface area contributed by atoms with Gasteiger partial charge < -0.3 is 10.3 Å². The molecule has 5 heteroatoms. The van der Waals surface area contributed by atoms with Gasteiger partial charge in [-0.25, -0.2) is 9.97 Å². The van der Waals surface area contributed by atoms with Gasteiger partial charge in [0, 0.05) is 34.7 Å². The first-order valence-electron chi connectivity index (χ1n) is 6.06. The van der Waals surface area contributed by atoms with Crippen molar-refractivity contribution >= 4 is 17.0 Å². The lowest BCUT2D eigenvalue weighted by molar-refractivity contribution is 1.00. The second-order valence-corrected chi connectivity index (χ2v) is 5.12. The van der Waals surface area contributed by atoms with Gasteiger partial charge in [0.1, 0.15) is 10.8 Å². The number of hydrogen-bond acceptors (Lipinski definition) is 4. The van der Waals surface area contributed by atoms with Gasteiger partial charge in [0.15, 0.2) is 0 Å². The van der Waals surface area contributed by atoms with Gasteiger partial charge in [-0.3, -0.25) is 0 Å². The molecule has 0 aliphatic carbocycles. The summed E-state index contributed by atoms with van der Waals surface area (Å²) >= 11 is 1.67. The van der Waals surface area contributed by atoms with Crippen LogP contribution in [0.3, 0.4) is 0 Å². The van der Waals surface area contributed by atoms with Gasteiger partial charge >= 0.3 is 0 Å². The number of benzene rings is 1. The summed E-state index contributed by atoms with van der Waals surface area (Å²) in [5.41, 5.74) is 3.30. The van der Waals surface area contributed by atoms with Gasteiger partial charge in [0.2, 0.25) is 0 Å². The van der Waals surface area contributed by atoms with Gasteiger partial charge in [-0.1, -0.05) is 0 Å². The van der Waals surface area contributed by atoms with Crippen molar-refractivity contribution in [3.8, 4) is 10.6 Å². The van der Waals surface area contributed by atoms with Crippen LogP contribution in [-0.2, 0) is 6.54 Å². The predicted octanol–water partition coefficient (Wildman–Crippen LogP) is 3.45. The second-order valence-electron chi connectivity index (χ2n) is 4.26. The highest BCUT2D eigenvalue weighted by atomic mass is 32.1. The van der Waals surface area contributed by atoms with Crippen molar-refractivity contribution in [2.24, 2.45) is 0 Å². The Morgan fingerprint density at radius 3 is 2.74 bits per heavy atom. The van der Waals surface area contributed by atoms with Crippen LogP contribution in [0.5, 0.6) is 0 Å². The van der Waals surface area contributed by atoms with E-state index in [0.717, 1.165) is 27.8 Å². The molecule has 0 saturated carbocycles. The van der Waals surface area contributed by atoms with Gasteiger partial charge in [0.25, 0.3) is 0 Å². The summed E-state index contributed by atoms with van der Waals surface area (Å²) in [6.45, 7) is 2.71. The van der Waals surface area contributed by atoms with Crippen LogP contribution in [0.25, 0.3) is 10.6 Å². The summed E-state index contributed by atoms with van der Waals surface area (Å²) in [5.74, 6) is 0.930. The molecule has 0 fully saturated rings. The molecule has 0 bridgehead atoms. The van der Waals surface area contributed by atoms with E-state index in [1.807, 2.05) is 13.1 Å². The third-order valence-corrected chi connectivity index (χ3v) is 3.77. The molecule has 0 atom stereocenters. The molecule has 3 rings (SSSR count). The van der Waals surface area contributed by atoms with Crippen LogP contribution in [0.15, 0.2) is 42.0 Å². The number of hydrogen-bond donors (Lipinski definition) is 2. The van der Waals surface area contributed by atoms with Crippen LogP contribution in [0.1, 0.15) is 11.5 Å². The number of anilines is 1. The first-order chi connectivity index (χ1) is 9.31. The first kappa shape index (κ1) is 11.9. The van der Waals surface area contributed by atoms with E-state index in [1.54, 1.807) is 17.5 Å². The molecule has 0 aliphatic rings. The summed E-state index contributed by atoms with van der Waals surface area (Å²) in [7, 11) is 0. The Morgan fingerprint density at radius 1 is 1.26 bits per heavy atom. The number of rotatable bonds is 4. The van der Waals surface area contributed by atoms with E-state index in [-0.39, 0.29) is 0 Å². The average Bonchev–Trinajstić information content (AvgIpc) is 3.08. The Morgan fingerprint density at radius 2 is 2.11 bits per heavy atom. The molecule has 96 valence electrons. The molecular weight excluding hydrogens is 256 g/mol. The summed E-state index contributed by atoms with van der Waals surface area (Å²) in [6.07, 6.45) is 3.58. The normalized spacial score (nSPS) is 10.6. The number of aryl methyl sites for hydroxylation is 1. The standard InChI is InChI=1S/C14H14N4S/c1-10-9-19-14(18-10)11-2-4-12(5-3-11)17-8-13-15-6-7-16-13/h2-7,9,17H,8H2,1H3,(H,15,16). The topological polar surface area (TPSA) is 53.6 Å². The van der Waals surface area contributed by atoms with E-state index in [4.69, 9.17) is 0 Å². The number of thiazole rings is 1. The quantitative estimate of drug-likeness (QED) is 0.763.